The van der Waals surface area contributed by atoms with Crippen molar-refractivity contribution in [1.82, 2.24) is 10.6 Å². The number of urea groups is 1. The number of amides is 2. The number of carboxylic acid groups (broad SMARTS) is 1. The van der Waals surface area contributed by atoms with Gasteiger partial charge in [-0.25, -0.2) is 9.59 Å². The van der Waals surface area contributed by atoms with Crippen molar-refractivity contribution in [2.75, 3.05) is 0 Å². The zero-order valence-electron chi connectivity index (χ0n) is 12.3. The Kier molecular flexibility index (Phi) is 6.07. The number of hydrogen-bond donors (Lipinski definition) is 3. The number of carbonyl (C=O) groups is 2. The molecule has 3 N–H and O–H groups in total. The third-order valence-corrected chi connectivity index (χ3v) is 4.15. The van der Waals surface area contributed by atoms with E-state index in [9.17, 15) is 14.7 Å². The maximum atomic E-state index is 12.0. The second-order valence-electron chi connectivity index (χ2n) is 5.67. The Morgan fingerprint density at radius 3 is 2.41 bits per heavy atom. The highest BCUT2D eigenvalue weighted by atomic mass is 35.5. The van der Waals surface area contributed by atoms with E-state index >= 15 is 0 Å². The first-order valence-corrected chi connectivity index (χ1v) is 7.96. The highest BCUT2D eigenvalue weighted by Gasteiger charge is 2.22. The molecule has 1 aromatic carbocycles. The summed E-state index contributed by atoms with van der Waals surface area (Å²) in [5, 5.41) is 15.3. The molecule has 6 heteroatoms. The summed E-state index contributed by atoms with van der Waals surface area (Å²) in [7, 11) is 0. The summed E-state index contributed by atoms with van der Waals surface area (Å²) in [4.78, 5) is 23.3. The van der Waals surface area contributed by atoms with Gasteiger partial charge in [-0.1, -0.05) is 43.0 Å². The topological polar surface area (TPSA) is 78.4 Å². The van der Waals surface area contributed by atoms with Crippen LogP contribution < -0.4 is 10.6 Å². The number of halogens is 1. The summed E-state index contributed by atoms with van der Waals surface area (Å²) < 4.78 is 0. The molecule has 120 valence electrons. The molecule has 0 bridgehead atoms. The van der Waals surface area contributed by atoms with Gasteiger partial charge in [0, 0.05) is 17.5 Å². The van der Waals surface area contributed by atoms with Gasteiger partial charge in [0.2, 0.25) is 0 Å². The van der Waals surface area contributed by atoms with Crippen molar-refractivity contribution >= 4 is 23.6 Å². The van der Waals surface area contributed by atoms with Gasteiger partial charge in [-0.2, -0.15) is 0 Å². The minimum absolute atomic E-state index is 0.152. The van der Waals surface area contributed by atoms with Gasteiger partial charge in [0.05, 0.1) is 0 Å². The maximum absolute atomic E-state index is 12.0. The van der Waals surface area contributed by atoms with E-state index in [-0.39, 0.29) is 12.5 Å². The molecule has 1 aliphatic rings. The van der Waals surface area contributed by atoms with Gasteiger partial charge in [-0.3, -0.25) is 0 Å². The van der Waals surface area contributed by atoms with Crippen LogP contribution in [0.25, 0.3) is 0 Å². The molecule has 2 rings (SSSR count). The van der Waals surface area contributed by atoms with E-state index in [0.717, 1.165) is 31.2 Å². The van der Waals surface area contributed by atoms with Crippen LogP contribution in [0.3, 0.4) is 0 Å². The summed E-state index contributed by atoms with van der Waals surface area (Å²) >= 11 is 5.81. The lowest BCUT2D eigenvalue weighted by atomic mass is 9.96. The molecule has 1 aliphatic carbocycles. The van der Waals surface area contributed by atoms with Crippen LogP contribution in [0.4, 0.5) is 4.79 Å². The highest BCUT2D eigenvalue weighted by molar-refractivity contribution is 6.30. The predicted octanol–water partition coefficient (Wildman–Crippen LogP) is 2.97. The van der Waals surface area contributed by atoms with Gasteiger partial charge in [0.15, 0.2) is 0 Å². The minimum atomic E-state index is -1.05. The van der Waals surface area contributed by atoms with Crippen LogP contribution in [-0.4, -0.2) is 29.2 Å². The third kappa shape index (κ3) is 5.22. The van der Waals surface area contributed by atoms with E-state index < -0.39 is 18.0 Å². The molecular formula is C16H21ClN2O3. The van der Waals surface area contributed by atoms with Gasteiger partial charge in [-0.05, 0) is 30.5 Å². The van der Waals surface area contributed by atoms with Gasteiger partial charge in [0.1, 0.15) is 6.04 Å². The number of benzene rings is 1. The Hall–Kier alpha value is -1.75. The number of aliphatic carboxylic acids is 1. The Morgan fingerprint density at radius 1 is 1.18 bits per heavy atom. The lowest BCUT2D eigenvalue weighted by Crippen LogP contribution is -2.50. The van der Waals surface area contributed by atoms with Crippen LogP contribution in [0.2, 0.25) is 5.02 Å². The van der Waals surface area contributed by atoms with E-state index in [2.05, 4.69) is 10.6 Å². The highest BCUT2D eigenvalue weighted by Crippen LogP contribution is 2.17. The van der Waals surface area contributed by atoms with E-state index in [1.807, 2.05) is 0 Å². The van der Waals surface area contributed by atoms with Gasteiger partial charge in [0.25, 0.3) is 0 Å². The van der Waals surface area contributed by atoms with E-state index in [1.54, 1.807) is 24.3 Å². The van der Waals surface area contributed by atoms with Gasteiger partial charge >= 0.3 is 12.0 Å². The maximum Gasteiger partial charge on any atom is 0.326 e. The predicted molar refractivity (Wildman–Crippen MR) is 85.1 cm³/mol. The zero-order valence-corrected chi connectivity index (χ0v) is 13.1. The fourth-order valence-electron chi connectivity index (χ4n) is 2.69. The fourth-order valence-corrected chi connectivity index (χ4v) is 2.81. The molecule has 0 spiro atoms. The van der Waals surface area contributed by atoms with Crippen LogP contribution in [0, 0.1) is 0 Å². The molecular weight excluding hydrogens is 304 g/mol. The SMILES string of the molecule is O=C(NC1CCCCC1)N[C@@H](Cc1ccc(Cl)cc1)C(=O)O. The smallest absolute Gasteiger partial charge is 0.326 e. The number of nitrogens with one attached hydrogen (secondary N) is 2. The van der Waals surface area contributed by atoms with E-state index in [0.29, 0.717) is 5.02 Å². The van der Waals surface area contributed by atoms with Crippen LogP contribution >= 0.6 is 11.6 Å². The van der Waals surface area contributed by atoms with Crippen molar-refractivity contribution in [3.63, 3.8) is 0 Å². The van der Waals surface area contributed by atoms with Crippen molar-refractivity contribution in [2.45, 2.75) is 50.6 Å². The van der Waals surface area contributed by atoms with Crippen LogP contribution in [0.1, 0.15) is 37.7 Å². The van der Waals surface area contributed by atoms with Crippen molar-refractivity contribution in [1.29, 1.82) is 0 Å². The average molecular weight is 325 g/mol. The average Bonchev–Trinajstić information content (AvgIpc) is 2.49. The van der Waals surface area contributed by atoms with Crippen LogP contribution in [-0.2, 0) is 11.2 Å². The second-order valence-corrected chi connectivity index (χ2v) is 6.11. The fraction of sp³-hybridized carbons (Fsp3) is 0.500. The lowest BCUT2D eigenvalue weighted by Gasteiger charge is -2.24. The molecule has 0 unspecified atom stereocenters. The Bertz CT molecular complexity index is 513. The number of rotatable bonds is 5. The number of hydrogen-bond acceptors (Lipinski definition) is 2. The summed E-state index contributed by atoms with van der Waals surface area (Å²) in [6.45, 7) is 0. The molecule has 1 aromatic rings. The Balaban J connectivity index is 1.88. The van der Waals surface area contributed by atoms with Crippen LogP contribution in [0.15, 0.2) is 24.3 Å². The monoisotopic (exact) mass is 324 g/mol. The minimum Gasteiger partial charge on any atom is -0.480 e. The molecule has 1 fully saturated rings. The molecule has 2 amide bonds. The molecule has 5 nitrogen and oxygen atoms in total. The largest absolute Gasteiger partial charge is 0.480 e. The van der Waals surface area contributed by atoms with Crippen molar-refractivity contribution < 1.29 is 14.7 Å². The van der Waals surface area contributed by atoms with E-state index in [1.165, 1.54) is 6.42 Å². The summed E-state index contributed by atoms with van der Waals surface area (Å²) in [5.41, 5.74) is 0.815. The summed E-state index contributed by atoms with van der Waals surface area (Å²) in [6.07, 6.45) is 5.57. The molecule has 0 radical (unpaired) electrons. The molecule has 1 saturated carbocycles. The Morgan fingerprint density at radius 2 is 1.82 bits per heavy atom. The molecule has 0 aromatic heterocycles. The van der Waals surface area contributed by atoms with Crippen molar-refractivity contribution in [3.05, 3.63) is 34.9 Å². The first-order valence-electron chi connectivity index (χ1n) is 7.59. The van der Waals surface area contributed by atoms with Crippen LogP contribution in [0.5, 0.6) is 0 Å². The molecule has 0 saturated heterocycles. The van der Waals surface area contributed by atoms with Gasteiger partial charge in [-0.15, -0.1) is 0 Å². The molecule has 22 heavy (non-hydrogen) atoms. The quantitative estimate of drug-likeness (QED) is 0.779. The summed E-state index contributed by atoms with van der Waals surface area (Å²) in [5.74, 6) is -1.05. The van der Waals surface area contributed by atoms with Crippen molar-refractivity contribution in [2.24, 2.45) is 0 Å². The Labute approximate surface area is 135 Å². The molecule has 0 aliphatic heterocycles. The third-order valence-electron chi connectivity index (χ3n) is 3.90. The lowest BCUT2D eigenvalue weighted by molar-refractivity contribution is -0.139. The summed E-state index contributed by atoms with van der Waals surface area (Å²) in [6, 6.07) is 5.73. The number of carboxylic acids is 1. The second kappa shape index (κ2) is 8.03. The normalized spacial score (nSPS) is 16.8. The standard InChI is InChI=1S/C16H21ClN2O3/c17-12-8-6-11(7-9-12)10-14(15(20)21)19-16(22)18-13-4-2-1-3-5-13/h6-9,13-14H,1-5,10H2,(H,20,21)(H2,18,19,22)/t14-/m0/s1. The van der Waals surface area contributed by atoms with E-state index in [4.69, 9.17) is 11.6 Å². The zero-order chi connectivity index (χ0) is 15.9. The molecule has 0 heterocycles. The van der Waals surface area contributed by atoms with Crippen molar-refractivity contribution in [3.8, 4) is 0 Å². The molecule has 1 atom stereocenters. The van der Waals surface area contributed by atoms with Gasteiger partial charge < -0.3 is 15.7 Å². The first kappa shape index (κ1) is 16.6. The number of carbonyl (C=O) groups excluding carboxylic acids is 1. The first-order chi connectivity index (χ1) is 10.5.